The number of amides is 1. The summed E-state index contributed by atoms with van der Waals surface area (Å²) in [5, 5.41) is 4.56. The van der Waals surface area contributed by atoms with Gasteiger partial charge in [0, 0.05) is 6.20 Å². The molecule has 3 rings (SSSR count). The number of hydrogen-bond acceptors (Lipinski definition) is 4. The number of carbonyl (C=O) groups excluding carboxylic acids is 1. The SMILES string of the molecule is Cc1ccc(F)cc1COc1ccsc1C(=O)Nc1cccnc1. The zero-order chi connectivity index (χ0) is 16.9. The first-order valence-corrected chi connectivity index (χ1v) is 8.18. The smallest absolute Gasteiger partial charge is 0.269 e. The Balaban J connectivity index is 1.71. The number of hydrogen-bond donors (Lipinski definition) is 1. The first-order chi connectivity index (χ1) is 11.6. The molecule has 0 unspecified atom stereocenters. The third kappa shape index (κ3) is 3.78. The summed E-state index contributed by atoms with van der Waals surface area (Å²) in [7, 11) is 0. The minimum atomic E-state index is -0.306. The molecule has 2 aromatic heterocycles. The lowest BCUT2D eigenvalue weighted by Crippen LogP contribution is -2.12. The number of nitrogens with one attached hydrogen (secondary N) is 1. The van der Waals surface area contributed by atoms with Crippen LogP contribution >= 0.6 is 11.3 Å². The second kappa shape index (κ2) is 7.23. The number of pyridine rings is 1. The summed E-state index contributed by atoms with van der Waals surface area (Å²) < 4.78 is 19.1. The maximum Gasteiger partial charge on any atom is 0.269 e. The van der Waals surface area contributed by atoms with Crippen molar-refractivity contribution >= 4 is 22.9 Å². The van der Waals surface area contributed by atoms with E-state index < -0.39 is 0 Å². The third-order valence-corrected chi connectivity index (χ3v) is 4.34. The van der Waals surface area contributed by atoms with Crippen molar-refractivity contribution < 1.29 is 13.9 Å². The van der Waals surface area contributed by atoms with E-state index in [4.69, 9.17) is 4.74 Å². The number of ether oxygens (including phenoxy) is 1. The molecule has 0 saturated carbocycles. The van der Waals surface area contributed by atoms with Crippen LogP contribution < -0.4 is 10.1 Å². The van der Waals surface area contributed by atoms with Gasteiger partial charge in [0.15, 0.2) is 0 Å². The number of halogens is 1. The molecule has 0 aliphatic heterocycles. The van der Waals surface area contributed by atoms with Crippen LogP contribution in [-0.2, 0) is 6.61 Å². The molecule has 0 bridgehead atoms. The highest BCUT2D eigenvalue weighted by Gasteiger charge is 2.15. The van der Waals surface area contributed by atoms with Gasteiger partial charge in [-0.3, -0.25) is 9.78 Å². The van der Waals surface area contributed by atoms with Gasteiger partial charge in [0.2, 0.25) is 0 Å². The van der Waals surface area contributed by atoms with Crippen molar-refractivity contribution in [2.24, 2.45) is 0 Å². The van der Waals surface area contributed by atoms with Crippen LogP contribution in [0.15, 0.2) is 54.2 Å². The van der Waals surface area contributed by atoms with Gasteiger partial charge in [-0.2, -0.15) is 0 Å². The van der Waals surface area contributed by atoms with Crippen LogP contribution in [0, 0.1) is 12.7 Å². The van der Waals surface area contributed by atoms with Crippen molar-refractivity contribution in [3.8, 4) is 5.75 Å². The topological polar surface area (TPSA) is 51.2 Å². The minimum Gasteiger partial charge on any atom is -0.487 e. The number of thiophene rings is 1. The van der Waals surface area contributed by atoms with Gasteiger partial charge in [-0.05, 0) is 53.8 Å². The molecular weight excluding hydrogens is 327 g/mol. The zero-order valence-corrected chi connectivity index (χ0v) is 13.8. The number of nitrogens with zero attached hydrogens (tertiary/aromatic N) is 1. The molecule has 122 valence electrons. The van der Waals surface area contributed by atoms with Crippen molar-refractivity contribution in [2.75, 3.05) is 5.32 Å². The average molecular weight is 342 g/mol. The molecule has 24 heavy (non-hydrogen) atoms. The quantitative estimate of drug-likeness (QED) is 0.747. The highest BCUT2D eigenvalue weighted by Crippen LogP contribution is 2.27. The fraction of sp³-hybridized carbons (Fsp3) is 0.111. The van der Waals surface area contributed by atoms with E-state index in [1.807, 2.05) is 6.92 Å². The Bertz CT molecular complexity index is 849. The zero-order valence-electron chi connectivity index (χ0n) is 13.0. The molecule has 1 amide bonds. The summed E-state index contributed by atoms with van der Waals surface area (Å²) in [5.41, 5.74) is 2.30. The lowest BCUT2D eigenvalue weighted by Gasteiger charge is -2.10. The fourth-order valence-electron chi connectivity index (χ4n) is 2.15. The Morgan fingerprint density at radius 2 is 2.21 bits per heavy atom. The van der Waals surface area contributed by atoms with Crippen molar-refractivity contribution in [2.45, 2.75) is 13.5 Å². The van der Waals surface area contributed by atoms with Crippen LogP contribution in [0.25, 0.3) is 0 Å². The van der Waals surface area contributed by atoms with Crippen molar-refractivity contribution in [1.82, 2.24) is 4.98 Å². The molecule has 3 aromatic rings. The van der Waals surface area contributed by atoms with Gasteiger partial charge in [0.25, 0.3) is 5.91 Å². The predicted molar refractivity (Wildman–Crippen MR) is 92.0 cm³/mol. The first kappa shape index (κ1) is 16.1. The third-order valence-electron chi connectivity index (χ3n) is 3.45. The highest BCUT2D eigenvalue weighted by atomic mass is 32.1. The lowest BCUT2D eigenvalue weighted by molar-refractivity contribution is 0.102. The molecule has 4 nitrogen and oxygen atoms in total. The molecule has 1 aromatic carbocycles. The van der Waals surface area contributed by atoms with E-state index in [0.717, 1.165) is 11.1 Å². The average Bonchev–Trinajstić information content (AvgIpc) is 3.05. The second-order valence-corrected chi connectivity index (χ2v) is 6.09. The Kier molecular flexibility index (Phi) is 4.86. The largest absolute Gasteiger partial charge is 0.487 e. The number of rotatable bonds is 5. The number of anilines is 1. The molecule has 2 heterocycles. The van der Waals surface area contributed by atoms with Crippen LogP contribution in [0.4, 0.5) is 10.1 Å². The van der Waals surface area contributed by atoms with Gasteiger partial charge < -0.3 is 10.1 Å². The normalized spacial score (nSPS) is 10.4. The molecule has 1 N–H and O–H groups in total. The number of aromatic nitrogens is 1. The van der Waals surface area contributed by atoms with Gasteiger partial charge in [-0.1, -0.05) is 6.07 Å². The predicted octanol–water partition coefficient (Wildman–Crippen LogP) is 4.42. The van der Waals surface area contributed by atoms with Crippen molar-refractivity contribution in [1.29, 1.82) is 0 Å². The van der Waals surface area contributed by atoms with Crippen LogP contribution in [0.5, 0.6) is 5.75 Å². The molecule has 0 radical (unpaired) electrons. The standard InChI is InChI=1S/C18H15FN2O2S/c1-12-4-5-14(19)9-13(12)11-23-16-6-8-24-17(16)18(22)21-15-3-2-7-20-10-15/h2-10H,11H2,1H3,(H,21,22). The summed E-state index contributed by atoms with van der Waals surface area (Å²) in [6.45, 7) is 2.09. The number of benzene rings is 1. The monoisotopic (exact) mass is 342 g/mol. The first-order valence-electron chi connectivity index (χ1n) is 7.30. The highest BCUT2D eigenvalue weighted by molar-refractivity contribution is 7.12. The van der Waals surface area contributed by atoms with Gasteiger partial charge in [0.1, 0.15) is 23.1 Å². The Labute approximate surface area is 142 Å². The molecule has 0 saturated heterocycles. The molecule has 0 atom stereocenters. The maximum atomic E-state index is 13.3. The number of aryl methyl sites for hydroxylation is 1. The van der Waals surface area contributed by atoms with Crippen LogP contribution in [0.2, 0.25) is 0 Å². The van der Waals surface area contributed by atoms with Gasteiger partial charge in [0.05, 0.1) is 11.9 Å². The van der Waals surface area contributed by atoms with E-state index in [0.29, 0.717) is 16.3 Å². The fourth-order valence-corrected chi connectivity index (χ4v) is 2.88. The van der Waals surface area contributed by atoms with Crippen LogP contribution in [-0.4, -0.2) is 10.9 Å². The molecule has 0 aliphatic rings. The molecule has 0 spiro atoms. The Hall–Kier alpha value is -2.73. The van der Waals surface area contributed by atoms with Gasteiger partial charge in [-0.15, -0.1) is 11.3 Å². The molecular formula is C18H15FN2O2S. The van der Waals surface area contributed by atoms with E-state index in [9.17, 15) is 9.18 Å². The Morgan fingerprint density at radius 1 is 1.33 bits per heavy atom. The van der Waals surface area contributed by atoms with E-state index in [2.05, 4.69) is 10.3 Å². The summed E-state index contributed by atoms with van der Waals surface area (Å²) in [5.74, 6) is -0.0897. The maximum absolute atomic E-state index is 13.3. The van der Waals surface area contributed by atoms with E-state index in [1.54, 1.807) is 42.0 Å². The summed E-state index contributed by atoms with van der Waals surface area (Å²) in [4.78, 5) is 16.8. The van der Waals surface area contributed by atoms with Crippen molar-refractivity contribution in [3.63, 3.8) is 0 Å². The van der Waals surface area contributed by atoms with E-state index in [1.165, 1.54) is 23.5 Å². The van der Waals surface area contributed by atoms with E-state index >= 15 is 0 Å². The van der Waals surface area contributed by atoms with Crippen LogP contribution in [0.1, 0.15) is 20.8 Å². The summed E-state index contributed by atoms with van der Waals surface area (Å²) in [6.07, 6.45) is 3.21. The van der Waals surface area contributed by atoms with Crippen molar-refractivity contribution in [3.05, 3.63) is 76.0 Å². The summed E-state index contributed by atoms with van der Waals surface area (Å²) in [6, 6.07) is 9.80. The van der Waals surface area contributed by atoms with Gasteiger partial charge in [-0.25, -0.2) is 4.39 Å². The minimum absolute atomic E-state index is 0.202. The molecule has 0 aliphatic carbocycles. The lowest BCUT2D eigenvalue weighted by atomic mass is 10.1. The second-order valence-electron chi connectivity index (χ2n) is 5.17. The molecule has 0 fully saturated rings. The molecule has 6 heteroatoms. The number of carbonyl (C=O) groups is 1. The Morgan fingerprint density at radius 3 is 3.00 bits per heavy atom. The van der Waals surface area contributed by atoms with Crippen LogP contribution in [0.3, 0.4) is 0 Å². The van der Waals surface area contributed by atoms with E-state index in [-0.39, 0.29) is 18.3 Å². The summed E-state index contributed by atoms with van der Waals surface area (Å²) >= 11 is 1.29. The van der Waals surface area contributed by atoms with Gasteiger partial charge >= 0.3 is 0 Å².